The molecule has 4 nitrogen and oxygen atoms in total. The lowest BCUT2D eigenvalue weighted by Gasteiger charge is -2.38. The van der Waals surface area contributed by atoms with Crippen LogP contribution in [0.5, 0.6) is 0 Å². The van der Waals surface area contributed by atoms with Crippen LogP contribution in [0.2, 0.25) is 0 Å². The van der Waals surface area contributed by atoms with E-state index in [2.05, 4.69) is 24.1 Å². The van der Waals surface area contributed by atoms with Gasteiger partial charge in [0.1, 0.15) is 0 Å². The molecule has 0 spiro atoms. The van der Waals surface area contributed by atoms with Crippen molar-refractivity contribution in [3.05, 3.63) is 0 Å². The van der Waals surface area contributed by atoms with Crippen LogP contribution in [0.4, 0.5) is 0 Å². The highest BCUT2D eigenvalue weighted by Gasteiger charge is 2.24. The maximum Gasteiger partial charge on any atom is 0.307 e. The van der Waals surface area contributed by atoms with Crippen molar-refractivity contribution < 1.29 is 9.53 Å². The van der Waals surface area contributed by atoms with Gasteiger partial charge in [-0.15, -0.1) is 0 Å². The van der Waals surface area contributed by atoms with E-state index in [9.17, 15) is 4.79 Å². The van der Waals surface area contributed by atoms with Crippen molar-refractivity contribution in [3.63, 3.8) is 0 Å². The Bertz CT molecular complexity index is 209. The summed E-state index contributed by atoms with van der Waals surface area (Å²) in [5.41, 5.74) is 0. The van der Waals surface area contributed by atoms with Gasteiger partial charge >= 0.3 is 5.97 Å². The van der Waals surface area contributed by atoms with Crippen molar-refractivity contribution >= 4 is 5.97 Å². The molecule has 1 rings (SSSR count). The van der Waals surface area contributed by atoms with Crippen LogP contribution in [0.15, 0.2) is 0 Å². The van der Waals surface area contributed by atoms with Gasteiger partial charge in [-0.3, -0.25) is 9.69 Å². The number of piperazine rings is 1. The molecule has 1 N–H and O–H groups in total. The van der Waals surface area contributed by atoms with Crippen LogP contribution in [0.25, 0.3) is 0 Å². The van der Waals surface area contributed by atoms with Crippen molar-refractivity contribution in [2.24, 2.45) is 0 Å². The van der Waals surface area contributed by atoms with Crippen molar-refractivity contribution in [2.75, 3.05) is 26.2 Å². The Balaban J connectivity index is 2.37. The predicted octanol–water partition coefficient (Wildman–Crippen LogP) is 0.622. The van der Waals surface area contributed by atoms with Gasteiger partial charge in [-0.1, -0.05) is 0 Å². The van der Waals surface area contributed by atoms with Gasteiger partial charge in [0.25, 0.3) is 0 Å². The summed E-state index contributed by atoms with van der Waals surface area (Å²) in [6.07, 6.45) is 0.498. The van der Waals surface area contributed by atoms with Crippen LogP contribution in [0.1, 0.15) is 27.2 Å². The molecule has 15 heavy (non-hydrogen) atoms. The van der Waals surface area contributed by atoms with Crippen LogP contribution in [-0.2, 0) is 9.53 Å². The fraction of sp³-hybridized carbons (Fsp3) is 0.909. The third-order valence-corrected chi connectivity index (χ3v) is 2.89. The maximum atomic E-state index is 11.3. The van der Waals surface area contributed by atoms with Gasteiger partial charge in [0, 0.05) is 31.7 Å². The summed E-state index contributed by atoms with van der Waals surface area (Å²) >= 11 is 0. The highest BCUT2D eigenvalue weighted by atomic mass is 16.5. The number of rotatable bonds is 4. The zero-order chi connectivity index (χ0) is 11.3. The van der Waals surface area contributed by atoms with Gasteiger partial charge in [-0.25, -0.2) is 0 Å². The van der Waals surface area contributed by atoms with Crippen molar-refractivity contribution in [1.29, 1.82) is 0 Å². The number of hydrogen-bond donors (Lipinski definition) is 1. The molecule has 1 aliphatic rings. The molecule has 1 saturated heterocycles. The van der Waals surface area contributed by atoms with E-state index in [1.165, 1.54) is 0 Å². The first-order valence-electron chi connectivity index (χ1n) is 5.77. The molecule has 0 radical (unpaired) electrons. The van der Waals surface area contributed by atoms with Gasteiger partial charge in [-0.05, 0) is 20.8 Å². The Morgan fingerprint density at radius 3 is 3.00 bits per heavy atom. The summed E-state index contributed by atoms with van der Waals surface area (Å²) in [4.78, 5) is 13.7. The molecule has 88 valence electrons. The van der Waals surface area contributed by atoms with Crippen LogP contribution in [0, 0.1) is 0 Å². The van der Waals surface area contributed by atoms with Gasteiger partial charge in [-0.2, -0.15) is 0 Å². The molecule has 0 amide bonds. The molecule has 1 fully saturated rings. The van der Waals surface area contributed by atoms with E-state index < -0.39 is 0 Å². The zero-order valence-electron chi connectivity index (χ0n) is 9.95. The molecule has 2 atom stereocenters. The number of ether oxygens (including phenoxy) is 1. The minimum Gasteiger partial charge on any atom is -0.466 e. The standard InChI is InChI=1S/C11H22N2O2/c1-4-15-11(14)7-9(2)13-6-5-12-8-10(13)3/h9-10,12H,4-8H2,1-3H3/t9?,10-/m0/s1. The number of carbonyl (C=O) groups is 1. The van der Waals surface area contributed by atoms with E-state index in [4.69, 9.17) is 4.74 Å². The van der Waals surface area contributed by atoms with Crippen molar-refractivity contribution in [2.45, 2.75) is 39.3 Å². The lowest BCUT2D eigenvalue weighted by Crippen LogP contribution is -2.53. The Morgan fingerprint density at radius 2 is 2.40 bits per heavy atom. The van der Waals surface area contributed by atoms with Crippen molar-refractivity contribution in [3.8, 4) is 0 Å². The molecule has 0 aliphatic carbocycles. The Kier molecular flexibility index (Phi) is 5.05. The minimum atomic E-state index is -0.0873. The van der Waals surface area contributed by atoms with Gasteiger partial charge < -0.3 is 10.1 Å². The number of nitrogens with one attached hydrogen (secondary N) is 1. The smallest absolute Gasteiger partial charge is 0.307 e. The second kappa shape index (κ2) is 6.08. The molecular formula is C11H22N2O2. The fourth-order valence-electron chi connectivity index (χ4n) is 2.09. The summed E-state index contributed by atoms with van der Waals surface area (Å²) in [6, 6.07) is 0.782. The number of nitrogens with zero attached hydrogens (tertiary/aromatic N) is 1. The minimum absolute atomic E-state index is 0.0873. The third kappa shape index (κ3) is 3.80. The topological polar surface area (TPSA) is 41.6 Å². The quantitative estimate of drug-likeness (QED) is 0.697. The van der Waals surface area contributed by atoms with Crippen LogP contribution < -0.4 is 5.32 Å². The van der Waals surface area contributed by atoms with E-state index >= 15 is 0 Å². The second-order valence-corrected chi connectivity index (χ2v) is 4.15. The largest absolute Gasteiger partial charge is 0.466 e. The van der Waals surface area contributed by atoms with Gasteiger partial charge in [0.15, 0.2) is 0 Å². The summed E-state index contributed by atoms with van der Waals surface area (Å²) < 4.78 is 4.96. The highest BCUT2D eigenvalue weighted by Crippen LogP contribution is 2.11. The first kappa shape index (κ1) is 12.5. The average Bonchev–Trinajstić information content (AvgIpc) is 2.18. The van der Waals surface area contributed by atoms with Gasteiger partial charge in [0.2, 0.25) is 0 Å². The Labute approximate surface area is 92.0 Å². The lowest BCUT2D eigenvalue weighted by molar-refractivity contribution is -0.144. The zero-order valence-corrected chi connectivity index (χ0v) is 9.95. The molecular weight excluding hydrogens is 192 g/mol. The predicted molar refractivity (Wildman–Crippen MR) is 59.7 cm³/mol. The fourth-order valence-corrected chi connectivity index (χ4v) is 2.09. The lowest BCUT2D eigenvalue weighted by atomic mass is 10.1. The monoisotopic (exact) mass is 214 g/mol. The molecule has 0 saturated carbocycles. The van der Waals surface area contributed by atoms with E-state index in [-0.39, 0.29) is 12.0 Å². The van der Waals surface area contributed by atoms with E-state index in [0.29, 0.717) is 19.1 Å². The number of esters is 1. The van der Waals surface area contributed by atoms with Crippen LogP contribution in [-0.4, -0.2) is 49.2 Å². The van der Waals surface area contributed by atoms with Crippen molar-refractivity contribution in [1.82, 2.24) is 10.2 Å². The highest BCUT2D eigenvalue weighted by molar-refractivity contribution is 5.70. The molecule has 1 unspecified atom stereocenters. The number of hydrogen-bond acceptors (Lipinski definition) is 4. The molecule has 1 heterocycles. The molecule has 0 aromatic heterocycles. The molecule has 0 bridgehead atoms. The molecule has 1 aliphatic heterocycles. The van der Waals surface area contributed by atoms with E-state index in [1.807, 2.05) is 6.92 Å². The summed E-state index contributed by atoms with van der Waals surface area (Å²) in [5.74, 6) is -0.0873. The number of carbonyl (C=O) groups excluding carboxylic acids is 1. The summed E-state index contributed by atoms with van der Waals surface area (Å²) in [7, 11) is 0. The third-order valence-electron chi connectivity index (χ3n) is 2.89. The first-order valence-corrected chi connectivity index (χ1v) is 5.77. The molecule has 4 heteroatoms. The summed E-state index contributed by atoms with van der Waals surface area (Å²) in [5, 5.41) is 3.34. The molecule has 0 aromatic carbocycles. The Morgan fingerprint density at radius 1 is 1.67 bits per heavy atom. The van der Waals surface area contributed by atoms with E-state index in [0.717, 1.165) is 19.6 Å². The van der Waals surface area contributed by atoms with Gasteiger partial charge in [0.05, 0.1) is 13.0 Å². The van der Waals surface area contributed by atoms with E-state index in [1.54, 1.807) is 0 Å². The van der Waals surface area contributed by atoms with Crippen LogP contribution in [0.3, 0.4) is 0 Å². The van der Waals surface area contributed by atoms with Crippen LogP contribution >= 0.6 is 0 Å². The molecule has 0 aromatic rings. The first-order chi connectivity index (χ1) is 7.15. The SMILES string of the molecule is CCOC(=O)CC(C)N1CCNC[C@@H]1C. The second-order valence-electron chi connectivity index (χ2n) is 4.15. The summed E-state index contributed by atoms with van der Waals surface area (Å²) in [6.45, 7) is 9.64. The average molecular weight is 214 g/mol. The maximum absolute atomic E-state index is 11.3. The normalized spacial score (nSPS) is 24.9. The Hall–Kier alpha value is -0.610.